The van der Waals surface area contributed by atoms with E-state index < -0.39 is 0 Å². The highest BCUT2D eigenvalue weighted by molar-refractivity contribution is 5.97. The summed E-state index contributed by atoms with van der Waals surface area (Å²) < 4.78 is 13.4. The normalized spacial score (nSPS) is 10.3. The Morgan fingerprint density at radius 2 is 1.87 bits per heavy atom. The van der Waals surface area contributed by atoms with E-state index in [1.54, 1.807) is 42.5 Å². The van der Waals surface area contributed by atoms with Gasteiger partial charge in [-0.2, -0.15) is 0 Å². The Morgan fingerprint density at radius 3 is 2.61 bits per heavy atom. The van der Waals surface area contributed by atoms with Gasteiger partial charge in [0.15, 0.2) is 5.78 Å². The summed E-state index contributed by atoms with van der Waals surface area (Å²) in [5.74, 6) is -0.468. The quantitative estimate of drug-likeness (QED) is 0.610. The van der Waals surface area contributed by atoms with Crippen LogP contribution in [0.3, 0.4) is 0 Å². The molecule has 23 heavy (non-hydrogen) atoms. The van der Waals surface area contributed by atoms with E-state index in [2.05, 4.69) is 10.6 Å². The summed E-state index contributed by atoms with van der Waals surface area (Å²) in [7, 11) is 0. The Labute approximate surface area is 134 Å². The van der Waals surface area contributed by atoms with E-state index in [-0.39, 0.29) is 23.9 Å². The van der Waals surface area contributed by atoms with Crippen LogP contribution in [0.1, 0.15) is 29.3 Å². The predicted molar refractivity (Wildman–Crippen MR) is 87.8 cm³/mol. The zero-order valence-corrected chi connectivity index (χ0v) is 12.9. The lowest BCUT2D eigenvalue weighted by atomic mass is 10.1. The highest BCUT2D eigenvalue weighted by Gasteiger charge is 2.05. The van der Waals surface area contributed by atoms with E-state index in [1.807, 2.05) is 0 Å². The molecule has 0 saturated carbocycles. The molecule has 0 atom stereocenters. The van der Waals surface area contributed by atoms with Crippen molar-refractivity contribution in [2.24, 2.45) is 0 Å². The predicted octanol–water partition coefficient (Wildman–Crippen LogP) is 3.15. The molecular formula is C18H19FN2O2. The molecule has 0 saturated heterocycles. The number of rotatable bonds is 7. The van der Waals surface area contributed by atoms with Gasteiger partial charge >= 0.3 is 0 Å². The standard InChI is InChI=1S/C18H19FN2O2/c1-13(22)14-6-4-7-16(11-14)21-18(23)9-10-20-12-15-5-2-3-8-17(15)19/h2-8,11,20H,9-10,12H2,1H3,(H,21,23). The van der Waals surface area contributed by atoms with E-state index in [9.17, 15) is 14.0 Å². The van der Waals surface area contributed by atoms with Crippen molar-refractivity contribution >= 4 is 17.4 Å². The Morgan fingerprint density at radius 1 is 1.09 bits per heavy atom. The third kappa shape index (κ3) is 5.30. The summed E-state index contributed by atoms with van der Waals surface area (Å²) in [5, 5.41) is 5.78. The molecule has 4 nitrogen and oxygen atoms in total. The van der Waals surface area contributed by atoms with Crippen LogP contribution in [-0.2, 0) is 11.3 Å². The second kappa shape index (κ2) is 8.19. The maximum Gasteiger partial charge on any atom is 0.225 e. The van der Waals surface area contributed by atoms with Crippen LogP contribution in [0.5, 0.6) is 0 Å². The van der Waals surface area contributed by atoms with Crippen molar-refractivity contribution in [2.75, 3.05) is 11.9 Å². The molecule has 0 spiro atoms. The van der Waals surface area contributed by atoms with Crippen LogP contribution in [0.25, 0.3) is 0 Å². The highest BCUT2D eigenvalue weighted by Crippen LogP contribution is 2.11. The largest absolute Gasteiger partial charge is 0.326 e. The fourth-order valence-electron chi connectivity index (χ4n) is 2.11. The van der Waals surface area contributed by atoms with E-state index in [0.29, 0.717) is 29.9 Å². The third-order valence-electron chi connectivity index (χ3n) is 3.35. The summed E-state index contributed by atoms with van der Waals surface area (Å²) in [6.45, 7) is 2.29. The smallest absolute Gasteiger partial charge is 0.225 e. The molecule has 0 aliphatic heterocycles. The molecule has 2 aromatic carbocycles. The van der Waals surface area contributed by atoms with Gasteiger partial charge in [0, 0.05) is 36.3 Å². The van der Waals surface area contributed by atoms with Gasteiger partial charge in [-0.3, -0.25) is 9.59 Å². The molecule has 0 fully saturated rings. The SMILES string of the molecule is CC(=O)c1cccc(NC(=O)CCNCc2ccccc2F)c1. The van der Waals surface area contributed by atoms with Crippen LogP contribution in [0.2, 0.25) is 0 Å². The lowest BCUT2D eigenvalue weighted by molar-refractivity contribution is -0.116. The Kier molecular flexibility index (Phi) is 6.00. The lowest BCUT2D eigenvalue weighted by Crippen LogP contribution is -2.22. The fourth-order valence-corrected chi connectivity index (χ4v) is 2.11. The second-order valence-corrected chi connectivity index (χ2v) is 5.20. The highest BCUT2D eigenvalue weighted by atomic mass is 19.1. The van der Waals surface area contributed by atoms with E-state index in [1.165, 1.54) is 13.0 Å². The van der Waals surface area contributed by atoms with Crippen molar-refractivity contribution in [1.29, 1.82) is 0 Å². The van der Waals surface area contributed by atoms with Gasteiger partial charge in [-0.05, 0) is 25.1 Å². The number of amides is 1. The molecule has 0 radical (unpaired) electrons. The van der Waals surface area contributed by atoms with Gasteiger partial charge in [-0.15, -0.1) is 0 Å². The van der Waals surface area contributed by atoms with Crippen LogP contribution in [0, 0.1) is 5.82 Å². The first-order chi connectivity index (χ1) is 11.1. The maximum atomic E-state index is 13.4. The molecule has 0 bridgehead atoms. The minimum atomic E-state index is -0.259. The van der Waals surface area contributed by atoms with Crippen molar-refractivity contribution in [2.45, 2.75) is 19.9 Å². The molecule has 120 valence electrons. The number of hydrogen-bond acceptors (Lipinski definition) is 3. The number of Topliss-reactive ketones (excluding diaryl/α,β-unsaturated/α-hetero) is 1. The summed E-state index contributed by atoms with van der Waals surface area (Å²) in [4.78, 5) is 23.2. The zero-order valence-electron chi connectivity index (χ0n) is 12.9. The summed E-state index contributed by atoms with van der Waals surface area (Å²) in [6, 6.07) is 13.3. The molecule has 0 heterocycles. The molecule has 0 unspecified atom stereocenters. The van der Waals surface area contributed by atoms with Gasteiger partial charge in [0.25, 0.3) is 0 Å². The maximum absolute atomic E-state index is 13.4. The van der Waals surface area contributed by atoms with Crippen molar-refractivity contribution in [3.63, 3.8) is 0 Å². The molecule has 0 aromatic heterocycles. The van der Waals surface area contributed by atoms with Gasteiger partial charge < -0.3 is 10.6 Å². The molecule has 1 amide bonds. The van der Waals surface area contributed by atoms with Crippen LogP contribution in [0.4, 0.5) is 10.1 Å². The van der Waals surface area contributed by atoms with E-state index >= 15 is 0 Å². The molecule has 2 N–H and O–H groups in total. The van der Waals surface area contributed by atoms with Gasteiger partial charge in [0.1, 0.15) is 5.82 Å². The first kappa shape index (κ1) is 16.8. The number of anilines is 1. The number of hydrogen-bond donors (Lipinski definition) is 2. The van der Waals surface area contributed by atoms with Crippen molar-refractivity contribution in [3.05, 3.63) is 65.5 Å². The summed E-state index contributed by atoms with van der Waals surface area (Å²) >= 11 is 0. The van der Waals surface area contributed by atoms with E-state index in [4.69, 9.17) is 0 Å². The second-order valence-electron chi connectivity index (χ2n) is 5.20. The molecular weight excluding hydrogens is 295 g/mol. The first-order valence-corrected chi connectivity index (χ1v) is 7.41. The van der Waals surface area contributed by atoms with Crippen LogP contribution in [-0.4, -0.2) is 18.2 Å². The van der Waals surface area contributed by atoms with Crippen LogP contribution < -0.4 is 10.6 Å². The van der Waals surface area contributed by atoms with E-state index in [0.717, 1.165) is 0 Å². The molecule has 5 heteroatoms. The first-order valence-electron chi connectivity index (χ1n) is 7.41. The molecule has 0 aliphatic rings. The monoisotopic (exact) mass is 314 g/mol. The Balaban J connectivity index is 1.76. The third-order valence-corrected chi connectivity index (χ3v) is 3.35. The van der Waals surface area contributed by atoms with Crippen LogP contribution >= 0.6 is 0 Å². The van der Waals surface area contributed by atoms with Gasteiger partial charge in [-0.25, -0.2) is 4.39 Å². The minimum absolute atomic E-state index is 0.0485. The van der Waals surface area contributed by atoms with Gasteiger partial charge in [0.2, 0.25) is 5.91 Å². The molecule has 2 aromatic rings. The minimum Gasteiger partial charge on any atom is -0.326 e. The number of nitrogens with one attached hydrogen (secondary N) is 2. The average molecular weight is 314 g/mol. The van der Waals surface area contributed by atoms with Crippen molar-refractivity contribution in [3.8, 4) is 0 Å². The average Bonchev–Trinajstić information content (AvgIpc) is 2.53. The Hall–Kier alpha value is -2.53. The van der Waals surface area contributed by atoms with Crippen molar-refractivity contribution < 1.29 is 14.0 Å². The number of halogens is 1. The van der Waals surface area contributed by atoms with Gasteiger partial charge in [-0.1, -0.05) is 30.3 Å². The summed E-state index contributed by atoms with van der Waals surface area (Å²) in [5.41, 5.74) is 1.72. The number of ketones is 1. The van der Waals surface area contributed by atoms with Crippen LogP contribution in [0.15, 0.2) is 48.5 Å². The van der Waals surface area contributed by atoms with Crippen molar-refractivity contribution in [1.82, 2.24) is 5.32 Å². The van der Waals surface area contributed by atoms with Gasteiger partial charge in [0.05, 0.1) is 0 Å². The topological polar surface area (TPSA) is 58.2 Å². The number of carbonyl (C=O) groups excluding carboxylic acids is 2. The Bertz CT molecular complexity index is 701. The lowest BCUT2D eigenvalue weighted by Gasteiger charge is -2.08. The zero-order chi connectivity index (χ0) is 16.7. The number of benzene rings is 2. The number of carbonyl (C=O) groups is 2. The fraction of sp³-hybridized carbons (Fsp3) is 0.222. The summed E-state index contributed by atoms with van der Waals surface area (Å²) in [6.07, 6.45) is 0.263. The molecule has 2 rings (SSSR count). The molecule has 0 aliphatic carbocycles.